The van der Waals surface area contributed by atoms with Gasteiger partial charge in [0, 0.05) is 37.0 Å². The van der Waals surface area contributed by atoms with E-state index in [0.29, 0.717) is 19.5 Å². The standard InChI is InChI=1S/C23H27N3O3/c1-3-7-19-23(17-9-4-5-10-18(17)24-22(23)29)13-15-26(19)21(28)12-14-25-16(2)8-6-11-20(25)27/h4-6,8-11,19H,3,7,12-15H2,1-2H3,(H,24,29)/t19-,23+/m0/s1. The van der Waals surface area contributed by atoms with Crippen LogP contribution in [0.3, 0.4) is 0 Å². The van der Waals surface area contributed by atoms with Gasteiger partial charge in [0.15, 0.2) is 0 Å². The average Bonchev–Trinajstić information content (AvgIpc) is 3.21. The first-order valence-corrected chi connectivity index (χ1v) is 10.4. The zero-order valence-corrected chi connectivity index (χ0v) is 17.0. The molecule has 2 aromatic rings. The number of aryl methyl sites for hydroxylation is 1. The van der Waals surface area contributed by atoms with E-state index in [9.17, 15) is 14.4 Å². The SMILES string of the molecule is CCC[C@@H]1N(C(=O)CCn2c(C)cccc2=O)CC[C@]12C(=O)Nc1ccccc12. The molecule has 2 aliphatic rings. The van der Waals surface area contributed by atoms with Crippen molar-refractivity contribution in [2.75, 3.05) is 11.9 Å². The van der Waals surface area contributed by atoms with Crippen molar-refractivity contribution in [2.45, 2.75) is 57.5 Å². The highest BCUT2D eigenvalue weighted by atomic mass is 16.2. The highest BCUT2D eigenvalue weighted by Gasteiger charge is 2.58. The molecule has 0 radical (unpaired) electrons. The van der Waals surface area contributed by atoms with Crippen molar-refractivity contribution < 1.29 is 9.59 Å². The smallest absolute Gasteiger partial charge is 0.250 e. The highest BCUT2D eigenvalue weighted by Crippen LogP contribution is 2.49. The molecule has 6 nitrogen and oxygen atoms in total. The third-order valence-electron chi connectivity index (χ3n) is 6.45. The first-order chi connectivity index (χ1) is 14.0. The summed E-state index contributed by atoms with van der Waals surface area (Å²) >= 11 is 0. The van der Waals surface area contributed by atoms with E-state index in [1.165, 1.54) is 6.07 Å². The largest absolute Gasteiger partial charge is 0.338 e. The molecule has 1 aromatic carbocycles. The molecule has 2 aliphatic heterocycles. The highest BCUT2D eigenvalue weighted by molar-refractivity contribution is 6.07. The Kier molecular flexibility index (Phi) is 5.03. The summed E-state index contributed by atoms with van der Waals surface area (Å²) in [6.07, 6.45) is 2.56. The summed E-state index contributed by atoms with van der Waals surface area (Å²) in [6, 6.07) is 12.8. The number of nitrogens with zero attached hydrogens (tertiary/aromatic N) is 2. The number of anilines is 1. The van der Waals surface area contributed by atoms with Gasteiger partial charge in [-0.05, 0) is 37.5 Å². The number of benzene rings is 1. The molecule has 2 atom stereocenters. The molecule has 1 aromatic heterocycles. The van der Waals surface area contributed by atoms with Gasteiger partial charge in [-0.25, -0.2) is 0 Å². The van der Waals surface area contributed by atoms with E-state index in [-0.39, 0.29) is 29.8 Å². The van der Waals surface area contributed by atoms with E-state index >= 15 is 0 Å². The topological polar surface area (TPSA) is 71.4 Å². The molecule has 152 valence electrons. The maximum Gasteiger partial charge on any atom is 0.250 e. The molecule has 1 spiro atoms. The molecule has 0 unspecified atom stereocenters. The number of pyridine rings is 1. The summed E-state index contributed by atoms with van der Waals surface area (Å²) in [5.41, 5.74) is 1.96. The molecule has 0 saturated carbocycles. The van der Waals surface area contributed by atoms with Gasteiger partial charge in [0.25, 0.3) is 5.56 Å². The van der Waals surface area contributed by atoms with Gasteiger partial charge in [0.2, 0.25) is 11.8 Å². The lowest BCUT2D eigenvalue weighted by Crippen LogP contribution is -2.49. The minimum absolute atomic E-state index is 0.00238. The van der Waals surface area contributed by atoms with Gasteiger partial charge >= 0.3 is 0 Å². The monoisotopic (exact) mass is 393 g/mol. The number of hydrogen-bond donors (Lipinski definition) is 1. The number of carbonyl (C=O) groups excluding carboxylic acids is 2. The second-order valence-electron chi connectivity index (χ2n) is 8.02. The summed E-state index contributed by atoms with van der Waals surface area (Å²) in [4.78, 5) is 40.2. The molecule has 0 aliphatic carbocycles. The van der Waals surface area contributed by atoms with E-state index in [1.54, 1.807) is 10.6 Å². The van der Waals surface area contributed by atoms with Crippen LogP contribution in [0.4, 0.5) is 5.69 Å². The number of nitrogens with one attached hydrogen (secondary N) is 1. The number of aromatic nitrogens is 1. The van der Waals surface area contributed by atoms with Crippen molar-refractivity contribution in [1.82, 2.24) is 9.47 Å². The lowest BCUT2D eigenvalue weighted by atomic mass is 9.73. The van der Waals surface area contributed by atoms with Crippen LogP contribution in [0.25, 0.3) is 0 Å². The van der Waals surface area contributed by atoms with Crippen LogP contribution in [0.2, 0.25) is 0 Å². The second kappa shape index (κ2) is 7.50. The minimum atomic E-state index is -0.665. The third kappa shape index (κ3) is 3.07. The van der Waals surface area contributed by atoms with Gasteiger partial charge in [0.05, 0.1) is 11.5 Å². The molecule has 4 rings (SSSR count). The summed E-state index contributed by atoms with van der Waals surface area (Å²) in [5, 5.41) is 3.03. The Morgan fingerprint density at radius 1 is 1.17 bits per heavy atom. The van der Waals surface area contributed by atoms with Crippen molar-refractivity contribution in [1.29, 1.82) is 0 Å². The van der Waals surface area contributed by atoms with Crippen LogP contribution in [0.15, 0.2) is 47.3 Å². The van der Waals surface area contributed by atoms with Gasteiger partial charge in [-0.1, -0.05) is 37.6 Å². The van der Waals surface area contributed by atoms with Gasteiger partial charge in [0.1, 0.15) is 0 Å². The third-order valence-corrected chi connectivity index (χ3v) is 6.45. The Morgan fingerprint density at radius 3 is 2.72 bits per heavy atom. The lowest BCUT2D eigenvalue weighted by molar-refractivity contribution is -0.133. The van der Waals surface area contributed by atoms with Crippen LogP contribution in [-0.4, -0.2) is 33.9 Å². The van der Waals surface area contributed by atoms with Crippen molar-refractivity contribution in [2.24, 2.45) is 0 Å². The number of fused-ring (bicyclic) bond motifs is 2. The van der Waals surface area contributed by atoms with Crippen LogP contribution in [0.1, 0.15) is 43.9 Å². The Bertz CT molecular complexity index is 1010. The summed E-state index contributed by atoms with van der Waals surface area (Å²) in [7, 11) is 0. The van der Waals surface area contributed by atoms with Crippen molar-refractivity contribution in [3.05, 3.63) is 64.1 Å². The fourth-order valence-electron chi connectivity index (χ4n) is 5.04. The molecule has 1 N–H and O–H groups in total. The van der Waals surface area contributed by atoms with Crippen LogP contribution in [-0.2, 0) is 21.5 Å². The Labute approximate surface area is 170 Å². The molecule has 3 heterocycles. The van der Waals surface area contributed by atoms with Crippen LogP contribution in [0.5, 0.6) is 0 Å². The number of hydrogen-bond acceptors (Lipinski definition) is 3. The lowest BCUT2D eigenvalue weighted by Gasteiger charge is -2.34. The van der Waals surface area contributed by atoms with Crippen LogP contribution in [0, 0.1) is 6.92 Å². The molecule has 6 heteroatoms. The predicted octanol–water partition coefficient (Wildman–Crippen LogP) is 2.84. The van der Waals surface area contributed by atoms with E-state index in [0.717, 1.165) is 29.8 Å². The Hall–Kier alpha value is -2.89. The van der Waals surface area contributed by atoms with E-state index in [2.05, 4.69) is 12.2 Å². The number of likely N-dealkylation sites (tertiary alicyclic amines) is 1. The average molecular weight is 393 g/mol. The normalized spacial score (nSPS) is 22.8. The maximum atomic E-state index is 13.2. The minimum Gasteiger partial charge on any atom is -0.338 e. The molecule has 29 heavy (non-hydrogen) atoms. The van der Waals surface area contributed by atoms with Crippen molar-refractivity contribution in [3.63, 3.8) is 0 Å². The van der Waals surface area contributed by atoms with Crippen molar-refractivity contribution in [3.8, 4) is 0 Å². The van der Waals surface area contributed by atoms with E-state index < -0.39 is 5.41 Å². The summed E-state index contributed by atoms with van der Waals surface area (Å²) in [5.74, 6) is 0.00947. The Balaban J connectivity index is 1.60. The number of carbonyl (C=O) groups is 2. The second-order valence-corrected chi connectivity index (χ2v) is 8.02. The molecular formula is C23H27N3O3. The van der Waals surface area contributed by atoms with E-state index in [1.807, 2.05) is 42.2 Å². The first-order valence-electron chi connectivity index (χ1n) is 10.4. The Morgan fingerprint density at radius 2 is 1.97 bits per heavy atom. The molecular weight excluding hydrogens is 366 g/mol. The van der Waals surface area contributed by atoms with E-state index in [4.69, 9.17) is 0 Å². The molecule has 1 saturated heterocycles. The first kappa shape index (κ1) is 19.4. The zero-order chi connectivity index (χ0) is 20.6. The van der Waals surface area contributed by atoms with Gasteiger partial charge in [-0.15, -0.1) is 0 Å². The summed E-state index contributed by atoms with van der Waals surface area (Å²) < 4.78 is 1.64. The van der Waals surface area contributed by atoms with Gasteiger partial charge < -0.3 is 14.8 Å². The number of para-hydroxylation sites is 1. The van der Waals surface area contributed by atoms with Gasteiger partial charge in [-0.2, -0.15) is 0 Å². The summed E-state index contributed by atoms with van der Waals surface area (Å²) in [6.45, 7) is 4.88. The molecule has 2 amide bonds. The fraction of sp³-hybridized carbons (Fsp3) is 0.435. The fourth-order valence-corrected chi connectivity index (χ4v) is 5.04. The van der Waals surface area contributed by atoms with Crippen LogP contribution >= 0.6 is 0 Å². The quantitative estimate of drug-likeness (QED) is 0.849. The van der Waals surface area contributed by atoms with Gasteiger partial charge in [-0.3, -0.25) is 14.4 Å². The number of rotatable bonds is 5. The van der Waals surface area contributed by atoms with Crippen molar-refractivity contribution >= 4 is 17.5 Å². The number of amides is 2. The zero-order valence-electron chi connectivity index (χ0n) is 17.0. The molecule has 0 bridgehead atoms. The molecule has 1 fully saturated rings. The maximum absolute atomic E-state index is 13.2. The van der Waals surface area contributed by atoms with Crippen LogP contribution < -0.4 is 10.9 Å². The predicted molar refractivity (Wildman–Crippen MR) is 112 cm³/mol.